The molecule has 2 N–H and O–H groups in total. The van der Waals surface area contributed by atoms with Crippen molar-refractivity contribution in [2.24, 2.45) is 11.8 Å². The molecule has 0 aromatic carbocycles. The summed E-state index contributed by atoms with van der Waals surface area (Å²) in [7, 11) is 0. The minimum Gasteiger partial charge on any atom is -0.355 e. The minimum absolute atomic E-state index is 0.105. The molecule has 2 aliphatic heterocycles. The lowest BCUT2D eigenvalue weighted by Crippen LogP contribution is -2.50. The largest absolute Gasteiger partial charge is 0.355 e. The van der Waals surface area contributed by atoms with Gasteiger partial charge in [-0.2, -0.15) is 0 Å². The highest BCUT2D eigenvalue weighted by Crippen LogP contribution is 2.32. The number of carbonyl (C=O) groups excluding carboxylic acids is 2. The van der Waals surface area contributed by atoms with Gasteiger partial charge < -0.3 is 15.5 Å². The highest BCUT2D eigenvalue weighted by molar-refractivity contribution is 5.78. The van der Waals surface area contributed by atoms with Crippen LogP contribution >= 0.6 is 0 Å². The Morgan fingerprint density at radius 1 is 1.08 bits per heavy atom. The second-order valence-corrected chi connectivity index (χ2v) is 7.72. The van der Waals surface area contributed by atoms with Crippen LogP contribution in [-0.2, 0) is 4.79 Å². The van der Waals surface area contributed by atoms with E-state index in [1.54, 1.807) is 0 Å². The molecule has 6 nitrogen and oxygen atoms in total. The Labute approximate surface area is 151 Å². The molecule has 6 heteroatoms. The lowest BCUT2D eigenvalue weighted by Gasteiger charge is -2.32. The van der Waals surface area contributed by atoms with Crippen LogP contribution < -0.4 is 10.6 Å². The Kier molecular flexibility index (Phi) is 6.34. The molecule has 0 aromatic heterocycles. The van der Waals surface area contributed by atoms with E-state index in [-0.39, 0.29) is 18.0 Å². The molecule has 2 fully saturated rings. The molecule has 0 bridgehead atoms. The monoisotopic (exact) mass is 348 g/mol. The van der Waals surface area contributed by atoms with Crippen LogP contribution in [-0.4, -0.2) is 67.0 Å². The number of piperidine rings is 1. The van der Waals surface area contributed by atoms with Crippen LogP contribution in [0.2, 0.25) is 0 Å². The van der Waals surface area contributed by atoms with Crippen molar-refractivity contribution in [2.45, 2.75) is 45.1 Å². The Balaban J connectivity index is 1.36. The summed E-state index contributed by atoms with van der Waals surface area (Å²) in [6, 6.07) is 0.344. The lowest BCUT2D eigenvalue weighted by atomic mass is 9.86. The fourth-order valence-corrected chi connectivity index (χ4v) is 4.21. The summed E-state index contributed by atoms with van der Waals surface area (Å²) in [5, 5.41) is 6.14. The van der Waals surface area contributed by atoms with Crippen LogP contribution in [0.15, 0.2) is 12.2 Å². The van der Waals surface area contributed by atoms with Crippen molar-refractivity contribution in [1.29, 1.82) is 0 Å². The van der Waals surface area contributed by atoms with Gasteiger partial charge in [-0.15, -0.1) is 0 Å². The Morgan fingerprint density at radius 2 is 1.72 bits per heavy atom. The summed E-state index contributed by atoms with van der Waals surface area (Å²) in [5.41, 5.74) is 0. The molecule has 0 radical (unpaired) electrons. The predicted octanol–water partition coefficient (Wildman–Crippen LogP) is 1.58. The van der Waals surface area contributed by atoms with Gasteiger partial charge in [-0.3, -0.25) is 9.69 Å². The van der Waals surface area contributed by atoms with E-state index in [9.17, 15) is 9.59 Å². The fourth-order valence-electron chi connectivity index (χ4n) is 4.21. The van der Waals surface area contributed by atoms with E-state index < -0.39 is 0 Å². The fraction of sp³-hybridized carbons (Fsp3) is 0.789. The number of allylic oxidation sites excluding steroid dienone is 2. The first kappa shape index (κ1) is 18.2. The molecule has 3 amide bonds. The molecule has 0 saturated carbocycles. The van der Waals surface area contributed by atoms with Gasteiger partial charge in [-0.1, -0.05) is 19.1 Å². The number of nitrogens with zero attached hydrogens (tertiary/aromatic N) is 2. The first-order valence-electron chi connectivity index (χ1n) is 9.85. The average Bonchev–Trinajstić information content (AvgIpc) is 3.06. The number of rotatable bonds is 5. The van der Waals surface area contributed by atoms with Gasteiger partial charge in [0, 0.05) is 38.8 Å². The van der Waals surface area contributed by atoms with Crippen molar-refractivity contribution < 1.29 is 9.59 Å². The zero-order valence-electron chi connectivity index (χ0n) is 15.4. The zero-order chi connectivity index (χ0) is 17.6. The van der Waals surface area contributed by atoms with Crippen molar-refractivity contribution in [3.8, 4) is 0 Å². The number of hydrogen-bond donors (Lipinski definition) is 2. The number of fused-ring (bicyclic) bond motifs is 1. The Morgan fingerprint density at radius 3 is 2.32 bits per heavy atom. The van der Waals surface area contributed by atoms with Gasteiger partial charge in [-0.25, -0.2) is 4.79 Å². The number of likely N-dealkylation sites (tertiary alicyclic amines) is 2. The summed E-state index contributed by atoms with van der Waals surface area (Å²) in [6.45, 7) is 6.83. The molecule has 1 aliphatic carbocycles. The molecule has 140 valence electrons. The average molecular weight is 348 g/mol. The maximum Gasteiger partial charge on any atom is 0.317 e. The third-order valence-electron chi connectivity index (χ3n) is 5.76. The van der Waals surface area contributed by atoms with Gasteiger partial charge in [0.05, 0.1) is 6.54 Å². The quantitative estimate of drug-likeness (QED) is 0.742. The number of hydrogen-bond acceptors (Lipinski definition) is 3. The first-order valence-corrected chi connectivity index (χ1v) is 9.85. The maximum absolute atomic E-state index is 12.6. The SMILES string of the molecule is CCCNC(=O)CN1CCC(NC(=O)N2CC3CC=CCC3C2)CC1. The molecule has 2 unspecified atom stereocenters. The summed E-state index contributed by atoms with van der Waals surface area (Å²) in [6.07, 6.45) is 9.57. The van der Waals surface area contributed by atoms with E-state index in [0.717, 1.165) is 64.8 Å². The van der Waals surface area contributed by atoms with Crippen LogP contribution in [0, 0.1) is 11.8 Å². The zero-order valence-corrected chi connectivity index (χ0v) is 15.4. The van der Waals surface area contributed by atoms with Gasteiger partial charge in [0.25, 0.3) is 0 Å². The van der Waals surface area contributed by atoms with Crippen molar-refractivity contribution in [3.05, 3.63) is 12.2 Å². The van der Waals surface area contributed by atoms with E-state index in [1.165, 1.54) is 0 Å². The number of nitrogens with one attached hydrogen (secondary N) is 2. The number of amides is 3. The summed E-state index contributed by atoms with van der Waals surface area (Å²) in [5.74, 6) is 1.41. The van der Waals surface area contributed by atoms with Crippen molar-refractivity contribution in [1.82, 2.24) is 20.4 Å². The topological polar surface area (TPSA) is 64.7 Å². The lowest BCUT2D eigenvalue weighted by molar-refractivity contribution is -0.122. The second kappa shape index (κ2) is 8.70. The first-order chi connectivity index (χ1) is 12.2. The third-order valence-corrected chi connectivity index (χ3v) is 5.76. The molecular weight excluding hydrogens is 316 g/mol. The van der Waals surface area contributed by atoms with E-state index in [2.05, 4.69) is 34.6 Å². The van der Waals surface area contributed by atoms with Gasteiger partial charge in [0.1, 0.15) is 0 Å². The number of urea groups is 1. The maximum atomic E-state index is 12.6. The van der Waals surface area contributed by atoms with Crippen LogP contribution in [0.3, 0.4) is 0 Å². The third kappa shape index (κ3) is 4.97. The highest BCUT2D eigenvalue weighted by atomic mass is 16.2. The van der Waals surface area contributed by atoms with Crippen molar-refractivity contribution in [3.63, 3.8) is 0 Å². The minimum atomic E-state index is 0.105. The standard InChI is InChI=1S/C19H32N4O2/c1-2-9-20-18(24)14-22-10-7-17(8-11-22)21-19(25)23-12-15-5-3-4-6-16(15)13-23/h3-4,15-17H,2,5-14H2,1H3,(H,20,24)(H,21,25). The number of carbonyl (C=O) groups is 2. The van der Waals surface area contributed by atoms with E-state index in [4.69, 9.17) is 0 Å². The van der Waals surface area contributed by atoms with Gasteiger partial charge in [0.2, 0.25) is 5.91 Å². The van der Waals surface area contributed by atoms with Crippen LogP contribution in [0.1, 0.15) is 39.0 Å². The van der Waals surface area contributed by atoms with Crippen LogP contribution in [0.5, 0.6) is 0 Å². The molecular formula is C19H32N4O2. The van der Waals surface area contributed by atoms with Gasteiger partial charge in [0.15, 0.2) is 0 Å². The molecule has 2 atom stereocenters. The summed E-state index contributed by atoms with van der Waals surface area (Å²) < 4.78 is 0. The van der Waals surface area contributed by atoms with E-state index in [1.807, 2.05) is 4.90 Å². The van der Waals surface area contributed by atoms with E-state index >= 15 is 0 Å². The summed E-state index contributed by atoms with van der Waals surface area (Å²) >= 11 is 0. The predicted molar refractivity (Wildman–Crippen MR) is 98.2 cm³/mol. The molecule has 2 saturated heterocycles. The second-order valence-electron chi connectivity index (χ2n) is 7.72. The normalized spacial score (nSPS) is 27.2. The molecule has 25 heavy (non-hydrogen) atoms. The molecule has 3 rings (SSSR count). The van der Waals surface area contributed by atoms with Crippen molar-refractivity contribution >= 4 is 11.9 Å². The van der Waals surface area contributed by atoms with Crippen LogP contribution in [0.4, 0.5) is 4.79 Å². The molecule has 0 aromatic rings. The Hall–Kier alpha value is -1.56. The molecule has 0 spiro atoms. The highest BCUT2D eigenvalue weighted by Gasteiger charge is 2.35. The van der Waals surface area contributed by atoms with Crippen LogP contribution in [0.25, 0.3) is 0 Å². The molecule has 3 aliphatic rings. The Bertz CT molecular complexity index is 484. The smallest absolute Gasteiger partial charge is 0.317 e. The summed E-state index contributed by atoms with van der Waals surface area (Å²) in [4.78, 5) is 28.5. The van der Waals surface area contributed by atoms with Crippen molar-refractivity contribution in [2.75, 3.05) is 39.3 Å². The van der Waals surface area contributed by atoms with Gasteiger partial charge >= 0.3 is 6.03 Å². The molecule has 2 heterocycles. The van der Waals surface area contributed by atoms with E-state index in [0.29, 0.717) is 18.4 Å². The van der Waals surface area contributed by atoms with Gasteiger partial charge in [-0.05, 0) is 43.9 Å².